The Labute approximate surface area is 126 Å². The van der Waals surface area contributed by atoms with Gasteiger partial charge in [0.2, 0.25) is 0 Å². The molecule has 0 radical (unpaired) electrons. The first-order valence-corrected chi connectivity index (χ1v) is 8.61. The smallest absolute Gasteiger partial charge is 0.161 e. The van der Waals surface area contributed by atoms with Gasteiger partial charge in [0, 0.05) is 22.6 Å². The van der Waals surface area contributed by atoms with E-state index in [1.54, 1.807) is 23.1 Å². The van der Waals surface area contributed by atoms with Crippen LogP contribution in [0.1, 0.15) is 30.1 Å². The van der Waals surface area contributed by atoms with E-state index in [2.05, 4.69) is 11.4 Å². The molecule has 1 aromatic heterocycles. The topological polar surface area (TPSA) is 52.9 Å². The fraction of sp³-hybridized carbons (Fsp3) is 0.333. The van der Waals surface area contributed by atoms with E-state index in [9.17, 15) is 10.1 Å². The van der Waals surface area contributed by atoms with Crippen LogP contribution in [0, 0.1) is 11.3 Å². The summed E-state index contributed by atoms with van der Waals surface area (Å²) in [4.78, 5) is 13.4. The fourth-order valence-corrected chi connectivity index (χ4v) is 4.28. The average molecular weight is 302 g/mol. The van der Waals surface area contributed by atoms with Crippen molar-refractivity contribution >= 4 is 28.9 Å². The van der Waals surface area contributed by atoms with Crippen LogP contribution in [-0.2, 0) is 4.79 Å². The molecule has 0 amide bonds. The van der Waals surface area contributed by atoms with Crippen LogP contribution in [0.4, 0.5) is 0 Å². The fourth-order valence-electron chi connectivity index (χ4n) is 2.82. The summed E-state index contributed by atoms with van der Waals surface area (Å²) in [6.45, 7) is 0. The summed E-state index contributed by atoms with van der Waals surface area (Å²) < 4.78 is 0. The molecule has 2 aliphatic rings. The summed E-state index contributed by atoms with van der Waals surface area (Å²) in [6, 6.07) is 6.31. The van der Waals surface area contributed by atoms with E-state index in [4.69, 9.17) is 0 Å². The van der Waals surface area contributed by atoms with Gasteiger partial charge in [0.15, 0.2) is 5.78 Å². The van der Waals surface area contributed by atoms with Gasteiger partial charge in [0.05, 0.1) is 22.6 Å². The lowest BCUT2D eigenvalue weighted by Crippen LogP contribution is -2.30. The minimum absolute atomic E-state index is 0.175. The molecule has 2 heterocycles. The summed E-state index contributed by atoms with van der Waals surface area (Å²) in [7, 11) is 0. The van der Waals surface area contributed by atoms with Crippen molar-refractivity contribution in [3.63, 3.8) is 0 Å². The van der Waals surface area contributed by atoms with Gasteiger partial charge < -0.3 is 5.32 Å². The first-order valence-electron chi connectivity index (χ1n) is 6.51. The molecule has 20 heavy (non-hydrogen) atoms. The van der Waals surface area contributed by atoms with E-state index in [0.29, 0.717) is 12.0 Å². The van der Waals surface area contributed by atoms with Crippen molar-refractivity contribution in [2.45, 2.75) is 25.2 Å². The Kier molecular flexibility index (Phi) is 3.68. The van der Waals surface area contributed by atoms with E-state index in [0.717, 1.165) is 34.0 Å². The summed E-state index contributed by atoms with van der Waals surface area (Å²) in [5.41, 5.74) is 2.50. The molecule has 102 valence electrons. The second kappa shape index (κ2) is 5.47. The number of hydrogen-bond acceptors (Lipinski definition) is 5. The molecule has 3 rings (SSSR count). The number of nitriles is 1. The molecule has 0 spiro atoms. The second-order valence-electron chi connectivity index (χ2n) is 4.80. The van der Waals surface area contributed by atoms with Gasteiger partial charge in [-0.25, -0.2) is 0 Å². The SMILES string of the molecule is CSC1=C(C#N)[C@H](c2cccs2)C2=C(CCCC2=O)N1. The van der Waals surface area contributed by atoms with Crippen molar-refractivity contribution in [1.82, 2.24) is 5.32 Å². The van der Waals surface area contributed by atoms with Crippen molar-refractivity contribution in [2.75, 3.05) is 6.26 Å². The number of thioether (sulfide) groups is 1. The molecule has 1 atom stereocenters. The Balaban J connectivity index is 2.18. The maximum atomic E-state index is 12.4. The van der Waals surface area contributed by atoms with Crippen LogP contribution in [-0.4, -0.2) is 12.0 Å². The summed E-state index contributed by atoms with van der Waals surface area (Å²) in [5.74, 6) is 0.0107. The molecular formula is C15H14N2OS2. The number of hydrogen-bond donors (Lipinski definition) is 1. The number of dihydropyridines is 1. The summed E-state index contributed by atoms with van der Waals surface area (Å²) in [5, 5.41) is 15.7. The molecule has 0 fully saturated rings. The molecule has 1 aliphatic heterocycles. The number of Topliss-reactive ketones (excluding diaryl/α,β-unsaturated/α-hetero) is 1. The van der Waals surface area contributed by atoms with Gasteiger partial charge in [-0.1, -0.05) is 6.07 Å². The number of carbonyl (C=O) groups is 1. The Morgan fingerprint density at radius 2 is 2.35 bits per heavy atom. The number of nitrogens with one attached hydrogen (secondary N) is 1. The molecule has 0 saturated carbocycles. The van der Waals surface area contributed by atoms with Crippen molar-refractivity contribution in [3.05, 3.63) is 44.3 Å². The lowest BCUT2D eigenvalue weighted by atomic mass is 9.79. The third kappa shape index (κ3) is 2.09. The molecule has 0 aromatic carbocycles. The van der Waals surface area contributed by atoms with Gasteiger partial charge >= 0.3 is 0 Å². The van der Waals surface area contributed by atoms with Gasteiger partial charge in [0.25, 0.3) is 0 Å². The van der Waals surface area contributed by atoms with E-state index in [1.165, 1.54) is 0 Å². The lowest BCUT2D eigenvalue weighted by molar-refractivity contribution is -0.116. The predicted molar refractivity (Wildman–Crippen MR) is 82.2 cm³/mol. The average Bonchev–Trinajstić information content (AvgIpc) is 2.99. The predicted octanol–water partition coefficient (Wildman–Crippen LogP) is 3.54. The van der Waals surface area contributed by atoms with Crippen LogP contribution >= 0.6 is 23.1 Å². The number of ketones is 1. The lowest BCUT2D eigenvalue weighted by Gasteiger charge is -2.32. The summed E-state index contributed by atoms with van der Waals surface area (Å²) in [6.07, 6.45) is 4.34. The standard InChI is InChI=1S/C15H14N2OS2/c1-19-15-9(8-16)13(12-6-3-7-20-12)14-10(17-15)4-2-5-11(14)18/h3,6-7,13,17H,2,4-5H2,1H3/t13-/m1/s1. The Morgan fingerprint density at radius 1 is 1.50 bits per heavy atom. The molecule has 1 aromatic rings. The van der Waals surface area contributed by atoms with E-state index >= 15 is 0 Å². The summed E-state index contributed by atoms with van der Waals surface area (Å²) >= 11 is 3.15. The Bertz CT molecular complexity index is 650. The van der Waals surface area contributed by atoms with Crippen molar-refractivity contribution < 1.29 is 4.79 Å². The van der Waals surface area contributed by atoms with Crippen molar-refractivity contribution in [2.24, 2.45) is 0 Å². The first-order chi connectivity index (χ1) is 9.76. The number of rotatable bonds is 2. The van der Waals surface area contributed by atoms with E-state index in [1.807, 2.05) is 23.8 Å². The molecule has 3 nitrogen and oxygen atoms in total. The molecule has 5 heteroatoms. The molecule has 0 saturated heterocycles. The zero-order valence-electron chi connectivity index (χ0n) is 11.1. The van der Waals surface area contributed by atoms with Gasteiger partial charge in [-0.2, -0.15) is 5.26 Å². The van der Waals surface area contributed by atoms with Crippen LogP contribution in [0.2, 0.25) is 0 Å². The molecule has 1 N–H and O–H groups in total. The van der Waals surface area contributed by atoms with Gasteiger partial charge in [-0.15, -0.1) is 23.1 Å². The van der Waals surface area contributed by atoms with Gasteiger partial charge in [-0.3, -0.25) is 4.79 Å². The highest BCUT2D eigenvalue weighted by molar-refractivity contribution is 8.02. The van der Waals surface area contributed by atoms with E-state index < -0.39 is 0 Å². The minimum atomic E-state index is -0.175. The minimum Gasteiger partial charge on any atom is -0.352 e. The van der Waals surface area contributed by atoms with Crippen molar-refractivity contribution in [1.29, 1.82) is 5.26 Å². The monoisotopic (exact) mass is 302 g/mol. The van der Waals surface area contributed by atoms with Crippen LogP contribution < -0.4 is 5.32 Å². The Morgan fingerprint density at radius 3 is 3.00 bits per heavy atom. The number of nitrogens with zero attached hydrogens (tertiary/aromatic N) is 1. The number of allylic oxidation sites excluding steroid dienone is 3. The van der Waals surface area contributed by atoms with Crippen LogP contribution in [0.15, 0.2) is 39.4 Å². The van der Waals surface area contributed by atoms with Crippen LogP contribution in [0.5, 0.6) is 0 Å². The third-order valence-corrected chi connectivity index (χ3v) is 5.36. The highest BCUT2D eigenvalue weighted by Crippen LogP contribution is 2.44. The van der Waals surface area contributed by atoms with Crippen molar-refractivity contribution in [3.8, 4) is 6.07 Å². The van der Waals surface area contributed by atoms with Crippen LogP contribution in [0.25, 0.3) is 0 Å². The maximum absolute atomic E-state index is 12.4. The second-order valence-corrected chi connectivity index (χ2v) is 6.60. The zero-order chi connectivity index (χ0) is 14.1. The number of carbonyl (C=O) groups excluding carboxylic acids is 1. The number of thiophene rings is 1. The van der Waals surface area contributed by atoms with E-state index in [-0.39, 0.29) is 11.7 Å². The largest absolute Gasteiger partial charge is 0.352 e. The Hall–Kier alpha value is -1.51. The normalized spacial score (nSPS) is 22.4. The molecular weight excluding hydrogens is 288 g/mol. The molecule has 0 bridgehead atoms. The van der Waals surface area contributed by atoms with Crippen LogP contribution in [0.3, 0.4) is 0 Å². The molecule has 1 aliphatic carbocycles. The van der Waals surface area contributed by atoms with Gasteiger partial charge in [0.1, 0.15) is 0 Å². The first kappa shape index (κ1) is 13.5. The van der Waals surface area contributed by atoms with Gasteiger partial charge in [-0.05, 0) is 30.5 Å². The highest BCUT2D eigenvalue weighted by Gasteiger charge is 2.37. The molecule has 0 unspecified atom stereocenters. The third-order valence-electron chi connectivity index (χ3n) is 3.69. The highest BCUT2D eigenvalue weighted by atomic mass is 32.2. The maximum Gasteiger partial charge on any atom is 0.161 e. The zero-order valence-corrected chi connectivity index (χ0v) is 12.7. The quantitative estimate of drug-likeness (QED) is 0.908.